The van der Waals surface area contributed by atoms with Crippen LogP contribution < -0.4 is 0 Å². The number of hydrogen-bond acceptors (Lipinski definition) is 11. The molecule has 0 fully saturated rings. The Hall–Kier alpha value is -2.24. The van der Waals surface area contributed by atoms with Crippen LogP contribution in [0.15, 0.2) is 0 Å². The lowest BCUT2D eigenvalue weighted by Crippen LogP contribution is -2.40. The van der Waals surface area contributed by atoms with Crippen LogP contribution in [-0.4, -0.2) is 124 Å². The molecule has 0 aromatic heterocycles. The molecule has 11 heteroatoms. The fourth-order valence-electron chi connectivity index (χ4n) is 8.18. The van der Waals surface area contributed by atoms with Gasteiger partial charge in [-0.3, -0.25) is 19.2 Å². The van der Waals surface area contributed by atoms with Crippen LogP contribution in [0.3, 0.4) is 0 Å². The van der Waals surface area contributed by atoms with E-state index in [4.69, 9.17) is 18.9 Å². The normalized spacial score (nSPS) is 11.9. The zero-order chi connectivity index (χ0) is 50.5. The molecule has 0 rings (SSSR count). The Morgan fingerprint density at radius 2 is 0.500 bits per heavy atom. The van der Waals surface area contributed by atoms with E-state index >= 15 is 0 Å². The number of carbonyl (C=O) groups excluding carboxylic acids is 4. The summed E-state index contributed by atoms with van der Waals surface area (Å²) in [5.41, 5.74) is 0. The van der Waals surface area contributed by atoms with Gasteiger partial charge in [0.2, 0.25) is 0 Å². The van der Waals surface area contributed by atoms with Gasteiger partial charge in [-0.05, 0) is 56.4 Å². The molecule has 0 amide bonds. The van der Waals surface area contributed by atoms with Gasteiger partial charge in [0.25, 0.3) is 0 Å². The largest absolute Gasteiger partial charge is 0.466 e. The van der Waals surface area contributed by atoms with E-state index in [9.17, 15) is 19.2 Å². The van der Waals surface area contributed by atoms with Gasteiger partial charge < -0.3 is 33.6 Å². The Morgan fingerprint density at radius 3 is 0.721 bits per heavy atom. The van der Waals surface area contributed by atoms with Crippen LogP contribution in [0.2, 0.25) is 0 Å². The second-order valence-corrected chi connectivity index (χ2v) is 21.7. The number of nitrogens with zero attached hydrogens (tertiary/aromatic N) is 3. The summed E-state index contributed by atoms with van der Waals surface area (Å²) in [6, 6.07) is 0. The van der Waals surface area contributed by atoms with Crippen LogP contribution in [0.4, 0.5) is 0 Å². The van der Waals surface area contributed by atoms with E-state index in [-0.39, 0.29) is 49.6 Å². The van der Waals surface area contributed by atoms with Gasteiger partial charge in [-0.15, -0.1) is 0 Å². The van der Waals surface area contributed by atoms with Gasteiger partial charge in [0.1, 0.15) is 0 Å². The summed E-state index contributed by atoms with van der Waals surface area (Å²) in [6.45, 7) is 24.8. The summed E-state index contributed by atoms with van der Waals surface area (Å²) < 4.78 is 22.4. The van der Waals surface area contributed by atoms with E-state index in [1.807, 2.05) is 0 Å². The first-order chi connectivity index (χ1) is 32.7. The Kier molecular flexibility index (Phi) is 45.6. The number of carbonyl (C=O) groups is 4. The summed E-state index contributed by atoms with van der Waals surface area (Å²) in [6.07, 6.45) is 28.7. The van der Waals surface area contributed by atoms with Crippen molar-refractivity contribution in [2.24, 2.45) is 23.7 Å². The van der Waals surface area contributed by atoms with Crippen LogP contribution in [0, 0.1) is 23.7 Å². The van der Waals surface area contributed by atoms with Gasteiger partial charge in [0.15, 0.2) is 0 Å². The van der Waals surface area contributed by atoms with Crippen molar-refractivity contribution < 1.29 is 38.1 Å². The highest BCUT2D eigenvalue weighted by atomic mass is 16.5. The van der Waals surface area contributed by atoms with Crippen LogP contribution in [0.25, 0.3) is 0 Å². The smallest absolute Gasteiger partial charge is 0.307 e. The molecular formula is C57H111N3O8. The molecule has 0 aliphatic carbocycles. The molecular weight excluding hydrogens is 855 g/mol. The molecule has 0 N–H and O–H groups in total. The van der Waals surface area contributed by atoms with Crippen molar-refractivity contribution in [2.45, 2.75) is 235 Å². The lowest BCUT2D eigenvalue weighted by atomic mass is 10.0. The van der Waals surface area contributed by atoms with Crippen LogP contribution in [0.5, 0.6) is 0 Å². The Balaban J connectivity index is 5.17. The highest BCUT2D eigenvalue weighted by molar-refractivity contribution is 5.71. The average Bonchev–Trinajstić information content (AvgIpc) is 3.28. The van der Waals surface area contributed by atoms with E-state index in [0.717, 1.165) is 88.1 Å². The lowest BCUT2D eigenvalue weighted by molar-refractivity contribution is -0.146. The second-order valence-electron chi connectivity index (χ2n) is 21.7. The third kappa shape index (κ3) is 48.8. The first-order valence-corrected chi connectivity index (χ1v) is 28.4. The molecule has 0 unspecified atom stereocenters. The van der Waals surface area contributed by atoms with Crippen molar-refractivity contribution in [1.82, 2.24) is 14.7 Å². The lowest BCUT2D eigenvalue weighted by Gasteiger charge is -2.27. The van der Waals surface area contributed by atoms with E-state index < -0.39 is 0 Å². The predicted molar refractivity (Wildman–Crippen MR) is 283 cm³/mol. The van der Waals surface area contributed by atoms with Crippen LogP contribution in [-0.2, 0) is 38.1 Å². The summed E-state index contributed by atoms with van der Waals surface area (Å²) in [5.74, 6) is 2.21. The minimum Gasteiger partial charge on any atom is -0.466 e. The molecule has 0 aliphatic rings. The SMILES string of the molecule is CC(C)CCCCCCCOC(=O)CCN(CCC(=O)OCCCCCCCC(C)C)CCN(C)CCN(CCC(=O)OCCCCCCCC(C)C)CCC(=O)OCCCCCCCC(C)C. The van der Waals surface area contributed by atoms with E-state index in [2.05, 4.69) is 77.1 Å². The molecule has 0 aromatic carbocycles. The fourth-order valence-corrected chi connectivity index (χ4v) is 8.18. The number of likely N-dealkylation sites (N-methyl/N-ethyl adjacent to an activating group) is 1. The molecule has 402 valence electrons. The van der Waals surface area contributed by atoms with Crippen LogP contribution >= 0.6 is 0 Å². The molecule has 0 atom stereocenters. The molecule has 0 aromatic rings. The summed E-state index contributed by atoms with van der Waals surface area (Å²) in [7, 11) is 2.07. The van der Waals surface area contributed by atoms with E-state index in [0.29, 0.717) is 65.7 Å². The maximum Gasteiger partial charge on any atom is 0.307 e. The number of ether oxygens (including phenoxy) is 4. The summed E-state index contributed by atoms with van der Waals surface area (Å²) >= 11 is 0. The molecule has 0 radical (unpaired) electrons. The Labute approximate surface area is 420 Å². The first-order valence-electron chi connectivity index (χ1n) is 28.4. The first kappa shape index (κ1) is 65.8. The molecule has 0 spiro atoms. The molecule has 0 heterocycles. The molecule has 0 saturated heterocycles. The molecule has 68 heavy (non-hydrogen) atoms. The third-order valence-electron chi connectivity index (χ3n) is 12.9. The fraction of sp³-hybridized carbons (Fsp3) is 0.930. The number of rotatable bonds is 50. The minimum atomic E-state index is -0.193. The van der Waals surface area contributed by atoms with E-state index in [1.165, 1.54) is 103 Å². The second kappa shape index (κ2) is 47.1. The Bertz CT molecular complexity index is 1010. The summed E-state index contributed by atoms with van der Waals surface area (Å²) in [4.78, 5) is 57.7. The number of unbranched alkanes of at least 4 members (excludes halogenated alkanes) is 16. The zero-order valence-corrected chi connectivity index (χ0v) is 46.2. The Morgan fingerprint density at radius 1 is 0.294 bits per heavy atom. The molecule has 0 aliphatic heterocycles. The molecule has 0 bridgehead atoms. The van der Waals surface area contributed by atoms with Gasteiger partial charge in [-0.1, -0.05) is 184 Å². The van der Waals surface area contributed by atoms with Crippen LogP contribution in [0.1, 0.15) is 235 Å². The van der Waals surface area contributed by atoms with Gasteiger partial charge >= 0.3 is 23.9 Å². The van der Waals surface area contributed by atoms with Gasteiger partial charge in [0.05, 0.1) is 52.1 Å². The molecule has 11 nitrogen and oxygen atoms in total. The minimum absolute atomic E-state index is 0.193. The maximum atomic E-state index is 12.8. The predicted octanol–water partition coefficient (Wildman–Crippen LogP) is 13.2. The highest BCUT2D eigenvalue weighted by Crippen LogP contribution is 2.14. The standard InChI is InChI=1S/C57H111N3O8/c1-50(2)30-22-14-10-18-26-46-65-54(61)34-38-59(39-35-55(62)66-47-27-19-11-15-23-31-51(3)4)44-42-58(9)43-45-60(40-36-56(63)67-48-28-20-12-16-24-32-52(5)6)41-37-57(64)68-49-29-21-13-17-25-33-53(7)8/h50-53H,10-49H2,1-9H3. The van der Waals surface area contributed by atoms with Crippen molar-refractivity contribution in [2.75, 3.05) is 85.8 Å². The maximum absolute atomic E-state index is 12.8. The van der Waals surface area contributed by atoms with Crippen molar-refractivity contribution in [3.63, 3.8) is 0 Å². The quantitative estimate of drug-likeness (QED) is 0.0330. The van der Waals surface area contributed by atoms with Gasteiger partial charge in [-0.25, -0.2) is 0 Å². The number of esters is 4. The van der Waals surface area contributed by atoms with Gasteiger partial charge in [0, 0.05) is 52.4 Å². The van der Waals surface area contributed by atoms with Gasteiger partial charge in [-0.2, -0.15) is 0 Å². The zero-order valence-electron chi connectivity index (χ0n) is 46.2. The monoisotopic (exact) mass is 966 g/mol. The highest BCUT2D eigenvalue weighted by Gasteiger charge is 2.16. The topological polar surface area (TPSA) is 115 Å². The van der Waals surface area contributed by atoms with Crippen molar-refractivity contribution >= 4 is 23.9 Å². The third-order valence-corrected chi connectivity index (χ3v) is 12.9. The van der Waals surface area contributed by atoms with Crippen molar-refractivity contribution in [1.29, 1.82) is 0 Å². The van der Waals surface area contributed by atoms with Crippen molar-refractivity contribution in [3.05, 3.63) is 0 Å². The average molecular weight is 967 g/mol. The van der Waals surface area contributed by atoms with E-state index in [1.54, 1.807) is 0 Å². The molecule has 0 saturated carbocycles. The summed E-state index contributed by atoms with van der Waals surface area (Å²) in [5, 5.41) is 0. The number of hydrogen-bond donors (Lipinski definition) is 0. The van der Waals surface area contributed by atoms with Crippen molar-refractivity contribution in [3.8, 4) is 0 Å².